The Morgan fingerprint density at radius 3 is 2.24 bits per heavy atom. The molecule has 0 aliphatic rings. The third-order valence-corrected chi connectivity index (χ3v) is 3.51. The highest BCUT2D eigenvalue weighted by molar-refractivity contribution is 5.97. The largest absolute Gasteiger partial charge is 0.416 e. The van der Waals surface area contributed by atoms with Crippen molar-refractivity contribution in [2.24, 2.45) is 0 Å². The van der Waals surface area contributed by atoms with E-state index in [0.717, 1.165) is 6.07 Å². The maximum absolute atomic E-state index is 13.0. The normalized spacial score (nSPS) is 13.5. The number of carbonyl (C=O) groups is 2. The molecule has 0 fully saturated rings. The smallest absolute Gasteiger partial charge is 0.333 e. The molecule has 1 rings (SSSR count). The number of rotatable bonds is 4. The Labute approximate surface area is 145 Å². The fourth-order valence-electron chi connectivity index (χ4n) is 2.13. The van der Waals surface area contributed by atoms with Crippen LogP contribution in [0.4, 0.5) is 18.0 Å². The summed E-state index contributed by atoms with van der Waals surface area (Å²) in [6.07, 6.45) is -4.46. The van der Waals surface area contributed by atoms with Gasteiger partial charge in [0.25, 0.3) is 0 Å². The molecule has 1 atom stereocenters. The summed E-state index contributed by atoms with van der Waals surface area (Å²) in [5.41, 5.74) is -1.18. The molecule has 0 spiro atoms. The molecule has 1 aromatic carbocycles. The number of likely N-dealkylation sites (N-methyl/N-ethyl adjacent to an activating group) is 1. The molecule has 1 aromatic rings. The van der Waals surface area contributed by atoms with Crippen molar-refractivity contribution in [2.75, 3.05) is 7.05 Å². The van der Waals surface area contributed by atoms with Gasteiger partial charge in [-0.1, -0.05) is 18.2 Å². The van der Waals surface area contributed by atoms with Crippen LogP contribution in [0.5, 0.6) is 0 Å². The van der Waals surface area contributed by atoms with Crippen LogP contribution < -0.4 is 10.6 Å². The van der Waals surface area contributed by atoms with Crippen LogP contribution in [0.2, 0.25) is 0 Å². The highest BCUT2D eigenvalue weighted by atomic mass is 19.4. The second-order valence-electron chi connectivity index (χ2n) is 6.94. The Morgan fingerprint density at radius 2 is 1.72 bits per heavy atom. The van der Waals surface area contributed by atoms with Crippen LogP contribution in [0.15, 0.2) is 24.3 Å². The van der Waals surface area contributed by atoms with Gasteiger partial charge in [-0.25, -0.2) is 4.79 Å². The Morgan fingerprint density at radius 1 is 1.16 bits per heavy atom. The van der Waals surface area contributed by atoms with Crippen LogP contribution in [0.3, 0.4) is 0 Å². The summed E-state index contributed by atoms with van der Waals surface area (Å²) in [6, 6.07) is 3.78. The molecule has 0 aliphatic carbocycles. The lowest BCUT2D eigenvalue weighted by atomic mass is 10.1. The fraction of sp³-hybridized carbons (Fsp3) is 0.529. The minimum atomic E-state index is -4.46. The van der Waals surface area contributed by atoms with Crippen molar-refractivity contribution in [3.05, 3.63) is 35.4 Å². The van der Waals surface area contributed by atoms with E-state index in [2.05, 4.69) is 10.6 Å². The van der Waals surface area contributed by atoms with E-state index in [1.165, 1.54) is 37.1 Å². The van der Waals surface area contributed by atoms with Gasteiger partial charge in [-0.15, -0.1) is 0 Å². The van der Waals surface area contributed by atoms with Crippen LogP contribution >= 0.6 is 0 Å². The SMILES string of the molecule is CC(C(=O)NC(=O)NC(C)(C)C)N(C)Cc1ccccc1C(F)(F)F. The number of nitrogens with one attached hydrogen (secondary N) is 2. The number of hydrogen-bond donors (Lipinski definition) is 2. The molecule has 0 radical (unpaired) electrons. The van der Waals surface area contributed by atoms with Crippen LogP contribution in [0, 0.1) is 0 Å². The summed E-state index contributed by atoms with van der Waals surface area (Å²) in [7, 11) is 1.53. The number of hydrogen-bond acceptors (Lipinski definition) is 3. The van der Waals surface area contributed by atoms with E-state index in [9.17, 15) is 22.8 Å². The molecule has 0 saturated carbocycles. The van der Waals surface area contributed by atoms with Crippen LogP contribution in [-0.4, -0.2) is 35.5 Å². The minimum absolute atomic E-state index is 0.0660. The number of urea groups is 1. The molecule has 140 valence electrons. The van der Waals surface area contributed by atoms with E-state index in [0.29, 0.717) is 0 Å². The number of imide groups is 1. The van der Waals surface area contributed by atoms with Gasteiger partial charge in [0.2, 0.25) is 5.91 Å². The first-order valence-electron chi connectivity index (χ1n) is 7.79. The average Bonchev–Trinajstić information content (AvgIpc) is 2.43. The first kappa shape index (κ1) is 21.0. The highest BCUT2D eigenvalue weighted by Crippen LogP contribution is 2.32. The second kappa shape index (κ2) is 7.86. The van der Waals surface area contributed by atoms with E-state index < -0.39 is 35.3 Å². The summed E-state index contributed by atoms with van der Waals surface area (Å²) in [5, 5.41) is 4.78. The highest BCUT2D eigenvalue weighted by Gasteiger charge is 2.33. The van der Waals surface area contributed by atoms with Crippen molar-refractivity contribution in [1.82, 2.24) is 15.5 Å². The molecule has 1 unspecified atom stereocenters. The van der Waals surface area contributed by atoms with Crippen molar-refractivity contribution in [1.29, 1.82) is 0 Å². The Bertz CT molecular complexity index is 624. The van der Waals surface area contributed by atoms with Crippen LogP contribution in [0.1, 0.15) is 38.8 Å². The monoisotopic (exact) mass is 359 g/mol. The van der Waals surface area contributed by atoms with Crippen molar-refractivity contribution in [3.63, 3.8) is 0 Å². The molecular formula is C17H24F3N3O2. The third kappa shape index (κ3) is 6.74. The Kier molecular flexibility index (Phi) is 6.59. The third-order valence-electron chi connectivity index (χ3n) is 3.51. The molecular weight excluding hydrogens is 335 g/mol. The molecule has 5 nitrogen and oxygen atoms in total. The first-order valence-corrected chi connectivity index (χ1v) is 7.79. The number of nitrogens with zero attached hydrogens (tertiary/aromatic N) is 1. The molecule has 3 amide bonds. The summed E-state index contributed by atoms with van der Waals surface area (Å²) >= 11 is 0. The second-order valence-corrected chi connectivity index (χ2v) is 6.94. The van der Waals surface area contributed by atoms with Gasteiger partial charge >= 0.3 is 12.2 Å². The lowest BCUT2D eigenvalue weighted by Crippen LogP contribution is -2.52. The van der Waals surface area contributed by atoms with Gasteiger partial charge in [-0.2, -0.15) is 13.2 Å². The number of alkyl halides is 3. The van der Waals surface area contributed by atoms with Gasteiger partial charge in [0.1, 0.15) is 0 Å². The summed E-state index contributed by atoms with van der Waals surface area (Å²) in [4.78, 5) is 25.3. The number of carbonyl (C=O) groups excluding carboxylic acids is 2. The summed E-state index contributed by atoms with van der Waals surface area (Å²) in [5.74, 6) is -0.589. The number of benzene rings is 1. The molecule has 25 heavy (non-hydrogen) atoms. The predicted octanol–water partition coefficient (Wildman–Crippen LogP) is 3.15. The zero-order chi connectivity index (χ0) is 19.4. The van der Waals surface area contributed by atoms with E-state index in [1.807, 2.05) is 0 Å². The maximum Gasteiger partial charge on any atom is 0.416 e. The van der Waals surface area contributed by atoms with Crippen LogP contribution in [0.25, 0.3) is 0 Å². The zero-order valence-corrected chi connectivity index (χ0v) is 15.0. The molecule has 0 saturated heterocycles. The van der Waals surface area contributed by atoms with Crippen molar-refractivity contribution < 1.29 is 22.8 Å². The van der Waals surface area contributed by atoms with Crippen molar-refractivity contribution >= 4 is 11.9 Å². The predicted molar refractivity (Wildman–Crippen MR) is 88.8 cm³/mol. The number of halogens is 3. The standard InChI is InChI=1S/C17H24F3N3O2/c1-11(14(24)21-15(25)22-16(2,3)4)23(5)10-12-8-6-7-9-13(12)17(18,19)20/h6-9,11H,10H2,1-5H3,(H2,21,22,24,25). The van der Waals surface area contributed by atoms with Gasteiger partial charge in [0.15, 0.2) is 0 Å². The maximum atomic E-state index is 13.0. The topological polar surface area (TPSA) is 61.4 Å². The summed E-state index contributed by atoms with van der Waals surface area (Å²) in [6.45, 7) is 6.74. The molecule has 0 bridgehead atoms. The van der Waals surface area contributed by atoms with Gasteiger partial charge in [0, 0.05) is 12.1 Å². The van der Waals surface area contributed by atoms with Crippen molar-refractivity contribution in [2.45, 2.75) is 52.0 Å². The molecule has 0 aliphatic heterocycles. The molecule has 0 heterocycles. The molecule has 2 N–H and O–H groups in total. The van der Waals surface area contributed by atoms with Gasteiger partial charge in [0.05, 0.1) is 11.6 Å². The van der Waals surface area contributed by atoms with Crippen LogP contribution in [-0.2, 0) is 17.5 Å². The Hall–Kier alpha value is -2.09. The minimum Gasteiger partial charge on any atom is -0.333 e. The fourth-order valence-corrected chi connectivity index (χ4v) is 2.13. The molecule has 0 aromatic heterocycles. The zero-order valence-electron chi connectivity index (χ0n) is 15.0. The lowest BCUT2D eigenvalue weighted by Gasteiger charge is -2.26. The average molecular weight is 359 g/mol. The van der Waals surface area contributed by atoms with E-state index >= 15 is 0 Å². The number of amides is 3. The van der Waals surface area contributed by atoms with Gasteiger partial charge in [-0.05, 0) is 46.4 Å². The van der Waals surface area contributed by atoms with Gasteiger partial charge in [-0.3, -0.25) is 15.0 Å². The van der Waals surface area contributed by atoms with E-state index in [4.69, 9.17) is 0 Å². The van der Waals surface area contributed by atoms with Crippen molar-refractivity contribution in [3.8, 4) is 0 Å². The lowest BCUT2D eigenvalue weighted by molar-refractivity contribution is -0.138. The Balaban J connectivity index is 2.76. The first-order chi connectivity index (χ1) is 11.3. The summed E-state index contributed by atoms with van der Waals surface area (Å²) < 4.78 is 39.1. The van der Waals surface area contributed by atoms with E-state index in [1.54, 1.807) is 20.8 Å². The van der Waals surface area contributed by atoms with Gasteiger partial charge < -0.3 is 5.32 Å². The van der Waals surface area contributed by atoms with E-state index in [-0.39, 0.29) is 12.1 Å². The quantitative estimate of drug-likeness (QED) is 0.868. The molecule has 8 heteroatoms.